The van der Waals surface area contributed by atoms with Crippen LogP contribution in [0.15, 0.2) is 73.1 Å². The molecule has 10 heteroatoms. The Kier molecular flexibility index (Phi) is 8.69. The van der Waals surface area contributed by atoms with E-state index in [2.05, 4.69) is 31.5 Å². The number of fused-ring (bicyclic) bond motifs is 1. The summed E-state index contributed by atoms with van der Waals surface area (Å²) in [6.07, 6.45) is 2.36. The molecule has 3 aromatic rings. The fraction of sp³-hybridized carbons (Fsp3) is 0.231. The molecule has 2 unspecified atom stereocenters. The molecule has 0 bridgehead atoms. The SMILES string of the molecule is O=C(N[C@@H](Cc1ccccc1)C(=O)Nc1ccc2c(c1)C(=O)OC(OCCBr)C2Cl)c1cccnc1. The van der Waals surface area contributed by atoms with Crippen LogP contribution in [-0.2, 0) is 20.7 Å². The van der Waals surface area contributed by atoms with Crippen LogP contribution in [0.3, 0.4) is 0 Å². The van der Waals surface area contributed by atoms with Crippen LogP contribution in [0.5, 0.6) is 0 Å². The standard InChI is InChI=1S/C26H23BrClN3O5/c27-10-12-35-26-22(28)19-9-8-18(14-20(19)25(34)36-26)30-24(33)21(13-16-5-2-1-3-6-16)31-23(32)17-7-4-11-29-15-17/h1-9,11,14-15,21-22,26H,10,12-13H2,(H,30,33)(H,31,32)/t21-,22?,26?/m0/s1. The number of aromatic nitrogens is 1. The van der Waals surface area contributed by atoms with Crippen molar-refractivity contribution in [2.75, 3.05) is 17.3 Å². The molecule has 0 radical (unpaired) electrons. The van der Waals surface area contributed by atoms with Gasteiger partial charge >= 0.3 is 5.97 Å². The topological polar surface area (TPSA) is 107 Å². The minimum atomic E-state index is -0.900. The maximum absolute atomic E-state index is 13.3. The minimum Gasteiger partial charge on any atom is -0.430 e. The second kappa shape index (κ2) is 12.1. The molecule has 8 nitrogen and oxygen atoms in total. The molecule has 0 spiro atoms. The Hall–Kier alpha value is -3.27. The van der Waals surface area contributed by atoms with Crippen molar-refractivity contribution in [3.8, 4) is 0 Å². The number of hydrogen-bond donors (Lipinski definition) is 2. The van der Waals surface area contributed by atoms with Gasteiger partial charge in [0.2, 0.25) is 12.2 Å². The average Bonchev–Trinajstić information content (AvgIpc) is 2.90. The summed E-state index contributed by atoms with van der Waals surface area (Å²) >= 11 is 9.73. The summed E-state index contributed by atoms with van der Waals surface area (Å²) in [5.74, 6) is -1.46. The first kappa shape index (κ1) is 25.8. The third-order valence-electron chi connectivity index (χ3n) is 5.49. The van der Waals surface area contributed by atoms with E-state index < -0.39 is 35.5 Å². The number of cyclic esters (lactones) is 1. The molecule has 2 amide bonds. The molecule has 1 aliphatic rings. The molecule has 0 saturated heterocycles. The number of amides is 2. The molecular weight excluding hydrogens is 550 g/mol. The zero-order valence-electron chi connectivity index (χ0n) is 19.0. The van der Waals surface area contributed by atoms with Crippen LogP contribution in [0.25, 0.3) is 0 Å². The van der Waals surface area contributed by atoms with E-state index in [1.807, 2.05) is 30.3 Å². The van der Waals surface area contributed by atoms with Crippen molar-refractivity contribution in [1.82, 2.24) is 10.3 Å². The van der Waals surface area contributed by atoms with Crippen molar-refractivity contribution in [2.24, 2.45) is 0 Å². The number of nitrogens with one attached hydrogen (secondary N) is 2. The van der Waals surface area contributed by atoms with Crippen LogP contribution >= 0.6 is 27.5 Å². The lowest BCUT2D eigenvalue weighted by molar-refractivity contribution is -0.118. The summed E-state index contributed by atoms with van der Waals surface area (Å²) in [5, 5.41) is 5.46. The molecule has 0 aliphatic carbocycles. The Labute approximate surface area is 221 Å². The Morgan fingerprint density at radius 3 is 2.67 bits per heavy atom. The van der Waals surface area contributed by atoms with Gasteiger partial charge in [0, 0.05) is 29.8 Å². The predicted octanol–water partition coefficient (Wildman–Crippen LogP) is 4.25. The highest BCUT2D eigenvalue weighted by molar-refractivity contribution is 9.09. The molecule has 4 rings (SSSR count). The van der Waals surface area contributed by atoms with Gasteiger partial charge < -0.3 is 20.1 Å². The van der Waals surface area contributed by atoms with Gasteiger partial charge in [0.05, 0.1) is 17.7 Å². The van der Waals surface area contributed by atoms with E-state index in [9.17, 15) is 14.4 Å². The highest BCUT2D eigenvalue weighted by Crippen LogP contribution is 2.36. The van der Waals surface area contributed by atoms with E-state index in [4.69, 9.17) is 21.1 Å². The fourth-order valence-electron chi connectivity index (χ4n) is 3.73. The van der Waals surface area contributed by atoms with Crippen molar-refractivity contribution in [2.45, 2.75) is 24.1 Å². The zero-order chi connectivity index (χ0) is 25.5. The van der Waals surface area contributed by atoms with Gasteiger partial charge in [0.1, 0.15) is 11.4 Å². The third kappa shape index (κ3) is 6.29. The van der Waals surface area contributed by atoms with Crippen molar-refractivity contribution >= 4 is 51.0 Å². The van der Waals surface area contributed by atoms with Crippen LogP contribution < -0.4 is 10.6 Å². The zero-order valence-corrected chi connectivity index (χ0v) is 21.4. The number of hydrogen-bond acceptors (Lipinski definition) is 6. The number of ether oxygens (including phenoxy) is 2. The van der Waals surface area contributed by atoms with Gasteiger partial charge in [-0.2, -0.15) is 0 Å². The molecule has 36 heavy (non-hydrogen) atoms. The fourth-order valence-corrected chi connectivity index (χ4v) is 4.23. The number of rotatable bonds is 9. The van der Waals surface area contributed by atoms with Crippen LogP contribution in [0.4, 0.5) is 5.69 Å². The Morgan fingerprint density at radius 2 is 1.94 bits per heavy atom. The Morgan fingerprint density at radius 1 is 1.14 bits per heavy atom. The molecule has 2 N–H and O–H groups in total. The summed E-state index contributed by atoms with van der Waals surface area (Å²) in [5.41, 5.74) is 2.37. The lowest BCUT2D eigenvalue weighted by Crippen LogP contribution is -2.45. The number of nitrogens with zero attached hydrogens (tertiary/aromatic N) is 1. The molecule has 1 aliphatic heterocycles. The number of benzene rings is 2. The van der Waals surface area contributed by atoms with Crippen LogP contribution in [0.1, 0.15) is 37.2 Å². The van der Waals surface area contributed by atoms with Crippen LogP contribution in [0, 0.1) is 0 Å². The summed E-state index contributed by atoms with van der Waals surface area (Å²) < 4.78 is 10.8. The summed E-state index contributed by atoms with van der Waals surface area (Å²) in [6, 6.07) is 16.5. The molecule has 1 aromatic heterocycles. The second-order valence-electron chi connectivity index (χ2n) is 7.98. The van der Waals surface area contributed by atoms with Crippen molar-refractivity contribution in [3.05, 3.63) is 95.3 Å². The largest absolute Gasteiger partial charge is 0.430 e. The number of halogens is 2. The molecule has 0 saturated carbocycles. The number of alkyl halides is 2. The Balaban J connectivity index is 1.52. The van der Waals surface area contributed by atoms with Crippen LogP contribution in [-0.4, -0.2) is 47.0 Å². The molecule has 3 atom stereocenters. The van der Waals surface area contributed by atoms with Gasteiger partial charge in [-0.1, -0.05) is 52.3 Å². The number of anilines is 1. The summed E-state index contributed by atoms with van der Waals surface area (Å²) in [4.78, 5) is 42.5. The van der Waals surface area contributed by atoms with Crippen LogP contribution in [0.2, 0.25) is 0 Å². The highest BCUT2D eigenvalue weighted by Gasteiger charge is 2.35. The van der Waals surface area contributed by atoms with Gasteiger partial charge in [0.25, 0.3) is 5.91 Å². The quantitative estimate of drug-likeness (QED) is 0.293. The lowest BCUT2D eigenvalue weighted by Gasteiger charge is -2.29. The number of esters is 1. The van der Waals surface area contributed by atoms with Gasteiger partial charge in [-0.25, -0.2) is 4.79 Å². The van der Waals surface area contributed by atoms with Gasteiger partial charge in [-0.15, -0.1) is 11.6 Å². The smallest absolute Gasteiger partial charge is 0.340 e. The lowest BCUT2D eigenvalue weighted by atomic mass is 10.00. The molecule has 2 heterocycles. The van der Waals surface area contributed by atoms with E-state index >= 15 is 0 Å². The van der Waals surface area contributed by atoms with E-state index in [1.165, 1.54) is 12.3 Å². The number of carbonyl (C=O) groups is 3. The predicted molar refractivity (Wildman–Crippen MR) is 138 cm³/mol. The van der Waals surface area contributed by atoms with Crippen molar-refractivity contribution < 1.29 is 23.9 Å². The van der Waals surface area contributed by atoms with E-state index in [0.717, 1.165) is 5.56 Å². The van der Waals surface area contributed by atoms with Gasteiger partial charge in [-0.3, -0.25) is 14.6 Å². The monoisotopic (exact) mass is 571 g/mol. The number of carbonyl (C=O) groups excluding carboxylic acids is 3. The normalized spacial score (nSPS) is 17.4. The molecule has 186 valence electrons. The minimum absolute atomic E-state index is 0.241. The maximum Gasteiger partial charge on any atom is 0.340 e. The van der Waals surface area contributed by atoms with Crippen molar-refractivity contribution in [1.29, 1.82) is 0 Å². The summed E-state index contributed by atoms with van der Waals surface area (Å²) in [7, 11) is 0. The highest BCUT2D eigenvalue weighted by atomic mass is 79.9. The van der Waals surface area contributed by atoms with E-state index in [-0.39, 0.29) is 12.0 Å². The number of pyridine rings is 1. The molecule has 2 aromatic carbocycles. The molecular formula is C26H23BrClN3O5. The maximum atomic E-state index is 13.3. The van der Waals surface area contributed by atoms with E-state index in [1.54, 1.807) is 30.5 Å². The Bertz CT molecular complexity index is 1230. The third-order valence-corrected chi connectivity index (χ3v) is 6.25. The second-order valence-corrected chi connectivity index (χ2v) is 9.25. The average molecular weight is 573 g/mol. The first-order chi connectivity index (χ1) is 17.5. The van der Waals surface area contributed by atoms with Crippen molar-refractivity contribution in [3.63, 3.8) is 0 Å². The van der Waals surface area contributed by atoms with Gasteiger partial charge in [-0.05, 0) is 35.4 Å². The van der Waals surface area contributed by atoms with E-state index in [0.29, 0.717) is 28.8 Å². The first-order valence-corrected chi connectivity index (χ1v) is 12.7. The summed E-state index contributed by atoms with van der Waals surface area (Å²) in [6.45, 7) is 0.332. The first-order valence-electron chi connectivity index (χ1n) is 11.2. The molecule has 0 fully saturated rings. The van der Waals surface area contributed by atoms with Gasteiger partial charge in [0.15, 0.2) is 0 Å².